The Morgan fingerprint density at radius 2 is 0.922 bits per heavy atom. The molecule has 1 unspecified atom stereocenters. The van der Waals surface area contributed by atoms with Crippen molar-refractivity contribution >= 4 is 96.1 Å². The molecule has 1 aliphatic rings. The summed E-state index contributed by atoms with van der Waals surface area (Å²) in [5, 5.41) is 18.8. The minimum absolute atomic E-state index is 0.416. The first kappa shape index (κ1) is 27.8. The van der Waals surface area contributed by atoms with E-state index in [9.17, 15) is 0 Å². The molecule has 0 saturated carbocycles. The lowest BCUT2D eigenvalue weighted by Gasteiger charge is -2.20. The molecule has 10 aromatic carbocycles. The fourth-order valence-electron chi connectivity index (χ4n) is 9.31. The molecule has 236 valence electrons. The minimum atomic E-state index is 0.416. The van der Waals surface area contributed by atoms with Gasteiger partial charge in [-0.15, -0.1) is 11.3 Å². The molecule has 1 aliphatic carbocycles. The molecule has 0 radical (unpaired) electrons. The van der Waals surface area contributed by atoms with Crippen molar-refractivity contribution in [1.82, 2.24) is 0 Å². The maximum absolute atomic E-state index is 2.44. The minimum Gasteiger partial charge on any atom is -0.135 e. The maximum atomic E-state index is 2.44. The third kappa shape index (κ3) is 3.90. The van der Waals surface area contributed by atoms with Crippen LogP contribution >= 0.6 is 11.3 Å². The average molecular weight is 663 g/mol. The van der Waals surface area contributed by atoms with Crippen molar-refractivity contribution < 1.29 is 0 Å². The molecule has 0 saturated heterocycles. The molecule has 1 atom stereocenters. The van der Waals surface area contributed by atoms with Gasteiger partial charge in [0.05, 0.1) is 0 Å². The van der Waals surface area contributed by atoms with Crippen LogP contribution in [-0.4, -0.2) is 0 Å². The maximum Gasteiger partial charge on any atom is 0.0355 e. The summed E-state index contributed by atoms with van der Waals surface area (Å²) in [7, 11) is 0. The summed E-state index contributed by atoms with van der Waals surface area (Å²) in [4.78, 5) is 0. The van der Waals surface area contributed by atoms with Gasteiger partial charge in [0, 0.05) is 26.1 Å². The van der Waals surface area contributed by atoms with Gasteiger partial charge in [-0.3, -0.25) is 0 Å². The Balaban J connectivity index is 1.05. The van der Waals surface area contributed by atoms with Gasteiger partial charge in [0.25, 0.3) is 0 Å². The molecule has 1 aromatic heterocycles. The van der Waals surface area contributed by atoms with Crippen molar-refractivity contribution in [3.05, 3.63) is 169 Å². The highest BCUT2D eigenvalue weighted by molar-refractivity contribution is 7.25. The normalized spacial score (nSPS) is 15.0. The predicted octanol–water partition coefficient (Wildman–Crippen LogP) is 14.8. The first-order valence-corrected chi connectivity index (χ1v) is 18.8. The largest absolute Gasteiger partial charge is 0.135 e. The topological polar surface area (TPSA) is 0 Å². The SMILES string of the molecule is C1=CCC(c2ccc3ccc4c(-c5ccc6sc7ccc(-c8ccc9ccc%10cccc%11ccc8c9c%10%11)cc7c6c5)ccc5ccc2c3c54)C=C1. The molecule has 0 amide bonds. The molecule has 0 bridgehead atoms. The molecular formula is C50H30S. The zero-order chi connectivity index (χ0) is 33.2. The molecule has 0 spiro atoms. The molecular weight excluding hydrogens is 633 g/mol. The van der Waals surface area contributed by atoms with Crippen molar-refractivity contribution in [3.8, 4) is 22.3 Å². The van der Waals surface area contributed by atoms with Crippen LogP contribution in [-0.2, 0) is 0 Å². The third-order valence-corrected chi connectivity index (χ3v) is 12.9. The first-order chi connectivity index (χ1) is 25.3. The van der Waals surface area contributed by atoms with Gasteiger partial charge in [0.15, 0.2) is 0 Å². The second kappa shape index (κ2) is 10.3. The fourth-order valence-corrected chi connectivity index (χ4v) is 10.4. The molecule has 1 heterocycles. The van der Waals surface area contributed by atoms with Crippen LogP contribution in [0.2, 0.25) is 0 Å². The van der Waals surface area contributed by atoms with Crippen LogP contribution in [0.25, 0.3) is 107 Å². The van der Waals surface area contributed by atoms with Gasteiger partial charge in [-0.1, -0.05) is 140 Å². The summed E-state index contributed by atoms with van der Waals surface area (Å²) in [5.41, 5.74) is 6.56. The van der Waals surface area contributed by atoms with Crippen LogP contribution in [0.1, 0.15) is 17.9 Å². The zero-order valence-electron chi connectivity index (χ0n) is 27.8. The van der Waals surface area contributed by atoms with E-state index in [1.165, 1.54) is 113 Å². The number of thiophene rings is 1. The third-order valence-electron chi connectivity index (χ3n) is 11.7. The second-order valence-corrected chi connectivity index (χ2v) is 15.4. The Morgan fingerprint density at radius 1 is 0.412 bits per heavy atom. The summed E-state index contributed by atoms with van der Waals surface area (Å²) >= 11 is 1.89. The number of fused-ring (bicyclic) bond motifs is 3. The lowest BCUT2D eigenvalue weighted by molar-refractivity contribution is 0.862. The highest BCUT2D eigenvalue weighted by atomic mass is 32.1. The Kier molecular flexibility index (Phi) is 5.59. The van der Waals surface area contributed by atoms with Crippen molar-refractivity contribution in [2.75, 3.05) is 0 Å². The van der Waals surface area contributed by atoms with E-state index in [1.54, 1.807) is 0 Å². The van der Waals surface area contributed by atoms with Crippen LogP contribution in [0.15, 0.2) is 164 Å². The van der Waals surface area contributed by atoms with E-state index in [0.717, 1.165) is 6.42 Å². The Labute approximate surface area is 298 Å². The van der Waals surface area contributed by atoms with E-state index in [2.05, 4.69) is 164 Å². The molecule has 51 heavy (non-hydrogen) atoms. The van der Waals surface area contributed by atoms with E-state index in [1.807, 2.05) is 11.3 Å². The van der Waals surface area contributed by atoms with Crippen molar-refractivity contribution in [2.24, 2.45) is 0 Å². The summed E-state index contributed by atoms with van der Waals surface area (Å²) < 4.78 is 2.66. The molecule has 0 aliphatic heterocycles. The van der Waals surface area contributed by atoms with Crippen LogP contribution in [0.3, 0.4) is 0 Å². The monoisotopic (exact) mass is 662 g/mol. The van der Waals surface area contributed by atoms with Crippen LogP contribution in [0.4, 0.5) is 0 Å². The molecule has 11 aromatic rings. The van der Waals surface area contributed by atoms with E-state index < -0.39 is 0 Å². The highest BCUT2D eigenvalue weighted by Gasteiger charge is 2.19. The van der Waals surface area contributed by atoms with Crippen LogP contribution < -0.4 is 0 Å². The van der Waals surface area contributed by atoms with Gasteiger partial charge in [-0.25, -0.2) is 0 Å². The predicted molar refractivity (Wildman–Crippen MR) is 223 cm³/mol. The quantitative estimate of drug-likeness (QED) is 0.165. The summed E-state index contributed by atoms with van der Waals surface area (Å²) in [5.74, 6) is 0.416. The molecule has 1 heteroatoms. The Hall–Kier alpha value is -6.02. The second-order valence-electron chi connectivity index (χ2n) is 14.3. The van der Waals surface area contributed by atoms with E-state index in [0.29, 0.717) is 5.92 Å². The fraction of sp³-hybridized carbons (Fsp3) is 0.0400. The summed E-state index contributed by atoms with van der Waals surface area (Å²) in [6, 6.07) is 53.3. The van der Waals surface area contributed by atoms with Gasteiger partial charge in [-0.2, -0.15) is 0 Å². The molecule has 0 nitrogen and oxygen atoms in total. The smallest absolute Gasteiger partial charge is 0.0355 e. The van der Waals surface area contributed by atoms with Crippen LogP contribution in [0.5, 0.6) is 0 Å². The number of benzene rings is 10. The number of allylic oxidation sites excluding steroid dienone is 4. The number of rotatable bonds is 3. The summed E-state index contributed by atoms with van der Waals surface area (Å²) in [6.07, 6.45) is 10.1. The highest BCUT2D eigenvalue weighted by Crippen LogP contribution is 2.45. The van der Waals surface area contributed by atoms with Gasteiger partial charge in [0.1, 0.15) is 0 Å². The van der Waals surface area contributed by atoms with Gasteiger partial charge < -0.3 is 0 Å². The van der Waals surface area contributed by atoms with E-state index in [-0.39, 0.29) is 0 Å². The lowest BCUT2D eigenvalue weighted by Crippen LogP contribution is -1.98. The molecule has 12 rings (SSSR count). The number of hydrogen-bond donors (Lipinski definition) is 0. The van der Waals surface area contributed by atoms with Crippen molar-refractivity contribution in [2.45, 2.75) is 12.3 Å². The van der Waals surface area contributed by atoms with Gasteiger partial charge >= 0.3 is 0 Å². The Morgan fingerprint density at radius 3 is 1.53 bits per heavy atom. The van der Waals surface area contributed by atoms with Crippen LogP contribution in [0, 0.1) is 0 Å². The zero-order valence-corrected chi connectivity index (χ0v) is 28.6. The van der Waals surface area contributed by atoms with Crippen molar-refractivity contribution in [3.63, 3.8) is 0 Å². The van der Waals surface area contributed by atoms with E-state index in [4.69, 9.17) is 0 Å². The molecule has 0 N–H and O–H groups in total. The Bertz CT molecular complexity index is 3260. The van der Waals surface area contributed by atoms with Gasteiger partial charge in [0.2, 0.25) is 0 Å². The molecule has 0 fully saturated rings. The lowest BCUT2D eigenvalue weighted by atomic mass is 9.84. The van der Waals surface area contributed by atoms with Crippen molar-refractivity contribution in [1.29, 1.82) is 0 Å². The number of hydrogen-bond acceptors (Lipinski definition) is 1. The standard InChI is InChI=1S/C50H30S/c1-2-5-29(6-3-1)37-19-11-33-16-24-42-39(21-13-34-15-23-40(37)49(33)50(34)42)36-18-26-46-44(28-36)43-27-35(17-25-45(43)51-46)38-20-12-32-10-9-30-7-4-8-31-14-22-41(38)48(32)47(30)31/h1-5,7-29H,6H2. The average Bonchev–Trinajstić information content (AvgIpc) is 3.56. The summed E-state index contributed by atoms with van der Waals surface area (Å²) in [6.45, 7) is 0. The van der Waals surface area contributed by atoms with Gasteiger partial charge in [-0.05, 0) is 123 Å². The van der Waals surface area contributed by atoms with E-state index >= 15 is 0 Å². The first-order valence-electron chi connectivity index (χ1n) is 17.9.